The van der Waals surface area contributed by atoms with Crippen molar-refractivity contribution < 1.29 is 4.79 Å². The molecule has 17 heavy (non-hydrogen) atoms. The summed E-state index contributed by atoms with van der Waals surface area (Å²) in [5.41, 5.74) is 1.82. The maximum Gasteiger partial charge on any atom is 0.221 e. The molecule has 2 aromatic rings. The van der Waals surface area contributed by atoms with E-state index in [0.29, 0.717) is 5.25 Å². The number of nitrogens with one attached hydrogen (secondary N) is 1. The SMILES string of the molecule is CC(=O)Nc1ccc2nc(SC(C)C)sc2c1. The van der Waals surface area contributed by atoms with E-state index in [2.05, 4.69) is 24.1 Å². The number of anilines is 1. The van der Waals surface area contributed by atoms with Crippen molar-refractivity contribution in [2.45, 2.75) is 30.4 Å². The van der Waals surface area contributed by atoms with Crippen LogP contribution in [0.5, 0.6) is 0 Å². The molecule has 1 aromatic heterocycles. The Morgan fingerprint density at radius 1 is 1.47 bits per heavy atom. The topological polar surface area (TPSA) is 42.0 Å². The van der Waals surface area contributed by atoms with E-state index in [1.807, 2.05) is 18.2 Å². The predicted octanol–water partition coefficient (Wildman–Crippen LogP) is 3.76. The molecule has 0 unspecified atom stereocenters. The Balaban J connectivity index is 2.30. The third-order valence-corrected chi connectivity index (χ3v) is 4.14. The molecule has 0 radical (unpaired) electrons. The minimum absolute atomic E-state index is 0.0503. The maximum atomic E-state index is 11.0. The Morgan fingerprint density at radius 3 is 2.88 bits per heavy atom. The molecule has 5 heteroatoms. The Kier molecular flexibility index (Phi) is 3.69. The summed E-state index contributed by atoms with van der Waals surface area (Å²) < 4.78 is 2.19. The van der Waals surface area contributed by atoms with Crippen LogP contribution in [0.3, 0.4) is 0 Å². The van der Waals surface area contributed by atoms with E-state index in [1.165, 1.54) is 6.92 Å². The standard InChI is InChI=1S/C12H14N2OS2/c1-7(2)16-12-14-10-5-4-9(13-8(3)15)6-11(10)17-12/h4-7H,1-3H3,(H,13,15). The van der Waals surface area contributed by atoms with Gasteiger partial charge in [-0.25, -0.2) is 4.98 Å². The Bertz CT molecular complexity index is 548. The van der Waals surface area contributed by atoms with Crippen LogP contribution in [0.4, 0.5) is 5.69 Å². The molecule has 1 N–H and O–H groups in total. The first-order chi connectivity index (χ1) is 8.04. The van der Waals surface area contributed by atoms with Gasteiger partial charge in [0.1, 0.15) is 0 Å². The third-order valence-electron chi connectivity index (χ3n) is 2.03. The van der Waals surface area contributed by atoms with Gasteiger partial charge in [0.15, 0.2) is 4.34 Å². The lowest BCUT2D eigenvalue weighted by Gasteiger charge is -1.99. The molecular weight excluding hydrogens is 252 g/mol. The van der Waals surface area contributed by atoms with Crippen LogP contribution < -0.4 is 5.32 Å². The second-order valence-electron chi connectivity index (χ2n) is 4.01. The van der Waals surface area contributed by atoms with Crippen molar-refractivity contribution in [2.24, 2.45) is 0 Å². The molecule has 0 aliphatic rings. The summed E-state index contributed by atoms with van der Waals surface area (Å²) in [5.74, 6) is -0.0503. The van der Waals surface area contributed by atoms with Crippen molar-refractivity contribution in [1.82, 2.24) is 4.98 Å². The molecule has 90 valence electrons. The van der Waals surface area contributed by atoms with E-state index in [-0.39, 0.29) is 5.91 Å². The van der Waals surface area contributed by atoms with Crippen molar-refractivity contribution >= 4 is 44.9 Å². The summed E-state index contributed by atoms with van der Waals surface area (Å²) in [6, 6.07) is 5.80. The molecule has 0 atom stereocenters. The van der Waals surface area contributed by atoms with E-state index in [4.69, 9.17) is 0 Å². The summed E-state index contributed by atoms with van der Waals surface area (Å²) in [4.78, 5) is 15.5. The Morgan fingerprint density at radius 2 is 2.24 bits per heavy atom. The molecule has 0 spiro atoms. The highest BCUT2D eigenvalue weighted by Crippen LogP contribution is 2.33. The number of benzene rings is 1. The highest BCUT2D eigenvalue weighted by atomic mass is 32.2. The van der Waals surface area contributed by atoms with Gasteiger partial charge in [-0.1, -0.05) is 25.6 Å². The average Bonchev–Trinajstić information content (AvgIpc) is 2.56. The number of rotatable bonds is 3. The zero-order chi connectivity index (χ0) is 12.4. The summed E-state index contributed by atoms with van der Waals surface area (Å²) >= 11 is 3.43. The fourth-order valence-corrected chi connectivity index (χ4v) is 3.77. The number of carbonyl (C=O) groups is 1. The van der Waals surface area contributed by atoms with Crippen molar-refractivity contribution in [1.29, 1.82) is 0 Å². The van der Waals surface area contributed by atoms with Crippen LogP contribution in [0, 0.1) is 0 Å². The molecule has 0 bridgehead atoms. The van der Waals surface area contributed by atoms with Crippen molar-refractivity contribution in [3.8, 4) is 0 Å². The number of nitrogens with zero attached hydrogens (tertiary/aromatic N) is 1. The van der Waals surface area contributed by atoms with Crippen LogP contribution in [0.1, 0.15) is 20.8 Å². The number of hydrogen-bond donors (Lipinski definition) is 1. The minimum Gasteiger partial charge on any atom is -0.326 e. The van der Waals surface area contributed by atoms with Gasteiger partial charge >= 0.3 is 0 Å². The lowest BCUT2D eigenvalue weighted by Crippen LogP contribution is -2.05. The largest absolute Gasteiger partial charge is 0.326 e. The van der Waals surface area contributed by atoms with Crippen molar-refractivity contribution in [2.75, 3.05) is 5.32 Å². The highest BCUT2D eigenvalue weighted by Gasteiger charge is 2.07. The Labute approximate surface area is 109 Å². The molecule has 0 saturated carbocycles. The van der Waals surface area contributed by atoms with Gasteiger partial charge in [0.25, 0.3) is 0 Å². The van der Waals surface area contributed by atoms with E-state index in [0.717, 1.165) is 20.2 Å². The molecule has 2 rings (SSSR count). The quantitative estimate of drug-likeness (QED) is 0.860. The first-order valence-electron chi connectivity index (χ1n) is 5.39. The normalized spacial score (nSPS) is 11.1. The van der Waals surface area contributed by atoms with Gasteiger partial charge in [-0.05, 0) is 18.2 Å². The summed E-state index contributed by atoms with van der Waals surface area (Å²) in [7, 11) is 0. The van der Waals surface area contributed by atoms with Gasteiger partial charge in [-0.3, -0.25) is 4.79 Å². The zero-order valence-electron chi connectivity index (χ0n) is 9.98. The molecule has 1 aromatic carbocycles. The lowest BCUT2D eigenvalue weighted by molar-refractivity contribution is -0.114. The van der Waals surface area contributed by atoms with Crippen LogP contribution in [0.15, 0.2) is 22.5 Å². The number of carbonyl (C=O) groups excluding carboxylic acids is 1. The van der Waals surface area contributed by atoms with Crippen LogP contribution in [0.2, 0.25) is 0 Å². The van der Waals surface area contributed by atoms with Crippen LogP contribution >= 0.6 is 23.1 Å². The monoisotopic (exact) mass is 266 g/mol. The number of aromatic nitrogens is 1. The van der Waals surface area contributed by atoms with Gasteiger partial charge in [-0.2, -0.15) is 0 Å². The van der Waals surface area contributed by atoms with E-state index in [9.17, 15) is 4.79 Å². The van der Waals surface area contributed by atoms with Gasteiger partial charge in [0.2, 0.25) is 5.91 Å². The molecule has 1 amide bonds. The van der Waals surface area contributed by atoms with Gasteiger partial charge < -0.3 is 5.32 Å². The fraction of sp³-hybridized carbons (Fsp3) is 0.333. The number of amides is 1. The number of fused-ring (bicyclic) bond motifs is 1. The molecule has 3 nitrogen and oxygen atoms in total. The molecule has 0 fully saturated rings. The maximum absolute atomic E-state index is 11.0. The highest BCUT2D eigenvalue weighted by molar-refractivity contribution is 8.01. The van der Waals surface area contributed by atoms with E-state index < -0.39 is 0 Å². The zero-order valence-corrected chi connectivity index (χ0v) is 11.6. The molecule has 0 aliphatic carbocycles. The van der Waals surface area contributed by atoms with Crippen molar-refractivity contribution in [3.05, 3.63) is 18.2 Å². The van der Waals surface area contributed by atoms with E-state index >= 15 is 0 Å². The first-order valence-corrected chi connectivity index (χ1v) is 7.09. The Hall–Kier alpha value is -1.07. The molecule has 0 saturated heterocycles. The number of thiazole rings is 1. The van der Waals surface area contributed by atoms with Gasteiger partial charge in [0.05, 0.1) is 10.2 Å². The minimum atomic E-state index is -0.0503. The molecule has 0 aliphatic heterocycles. The smallest absolute Gasteiger partial charge is 0.221 e. The van der Waals surface area contributed by atoms with Gasteiger partial charge in [0, 0.05) is 17.9 Å². The van der Waals surface area contributed by atoms with Crippen LogP contribution in [-0.4, -0.2) is 16.1 Å². The van der Waals surface area contributed by atoms with E-state index in [1.54, 1.807) is 23.1 Å². The van der Waals surface area contributed by atoms with Gasteiger partial charge in [-0.15, -0.1) is 11.3 Å². The summed E-state index contributed by atoms with van der Waals surface area (Å²) in [6.45, 7) is 5.82. The fourth-order valence-electron chi connectivity index (χ4n) is 1.44. The summed E-state index contributed by atoms with van der Waals surface area (Å²) in [6.07, 6.45) is 0. The molecular formula is C12H14N2OS2. The second-order valence-corrected chi connectivity index (χ2v) is 6.86. The first kappa shape index (κ1) is 12.4. The predicted molar refractivity (Wildman–Crippen MR) is 74.9 cm³/mol. The second kappa shape index (κ2) is 5.06. The number of thioether (sulfide) groups is 1. The summed E-state index contributed by atoms with van der Waals surface area (Å²) in [5, 5.41) is 3.31. The van der Waals surface area contributed by atoms with Crippen LogP contribution in [0.25, 0.3) is 10.2 Å². The molecule has 1 heterocycles. The average molecular weight is 266 g/mol. The van der Waals surface area contributed by atoms with Crippen LogP contribution in [-0.2, 0) is 4.79 Å². The number of hydrogen-bond acceptors (Lipinski definition) is 4. The third kappa shape index (κ3) is 3.20. The lowest BCUT2D eigenvalue weighted by atomic mass is 10.3. The van der Waals surface area contributed by atoms with Crippen molar-refractivity contribution in [3.63, 3.8) is 0 Å².